The van der Waals surface area contributed by atoms with Gasteiger partial charge in [-0.05, 0) is 37.0 Å². The summed E-state index contributed by atoms with van der Waals surface area (Å²) in [7, 11) is 1.54. The maximum Gasteiger partial charge on any atom is 0.303 e. The minimum absolute atomic E-state index is 0.167. The number of phenols is 1. The summed E-state index contributed by atoms with van der Waals surface area (Å²) in [6, 6.07) is 5.42. The van der Waals surface area contributed by atoms with Gasteiger partial charge in [-0.15, -0.1) is 0 Å². The van der Waals surface area contributed by atoms with Crippen LogP contribution in [0.15, 0.2) is 18.2 Å². The van der Waals surface area contributed by atoms with Gasteiger partial charge in [-0.3, -0.25) is 4.79 Å². The van der Waals surface area contributed by atoms with Gasteiger partial charge in [0.05, 0.1) is 7.11 Å². The predicted molar refractivity (Wildman–Crippen MR) is 73.7 cm³/mol. The standard InChI is InChI=1S/C15H22O4/c1-19-14-11-12(9-10-13(14)16)7-5-3-2-4-6-8-15(17)18/h9-11,16H,2-8H2,1H3,(H,17,18). The fourth-order valence-electron chi connectivity index (χ4n) is 2.01. The third-order valence-corrected chi connectivity index (χ3v) is 3.10. The van der Waals surface area contributed by atoms with Crippen molar-refractivity contribution in [2.75, 3.05) is 7.11 Å². The van der Waals surface area contributed by atoms with Crippen molar-refractivity contribution in [3.63, 3.8) is 0 Å². The molecule has 1 rings (SSSR count). The first-order chi connectivity index (χ1) is 9.13. The number of carboxylic acid groups (broad SMARTS) is 1. The largest absolute Gasteiger partial charge is 0.504 e. The quantitative estimate of drug-likeness (QED) is 0.672. The van der Waals surface area contributed by atoms with Gasteiger partial charge in [0.1, 0.15) is 0 Å². The molecule has 1 aromatic carbocycles. The summed E-state index contributed by atoms with van der Waals surface area (Å²) < 4.78 is 5.06. The van der Waals surface area contributed by atoms with Gasteiger partial charge < -0.3 is 14.9 Å². The smallest absolute Gasteiger partial charge is 0.303 e. The minimum Gasteiger partial charge on any atom is -0.504 e. The Bertz CT molecular complexity index is 401. The Morgan fingerprint density at radius 3 is 2.53 bits per heavy atom. The summed E-state index contributed by atoms with van der Waals surface area (Å²) in [4.78, 5) is 10.3. The summed E-state index contributed by atoms with van der Waals surface area (Å²) in [5, 5.41) is 18.0. The number of rotatable bonds is 9. The van der Waals surface area contributed by atoms with Crippen LogP contribution in [0.4, 0.5) is 0 Å². The lowest BCUT2D eigenvalue weighted by atomic mass is 10.0. The molecule has 0 spiro atoms. The number of aryl methyl sites for hydroxylation is 1. The Hall–Kier alpha value is -1.71. The van der Waals surface area contributed by atoms with Crippen molar-refractivity contribution in [2.24, 2.45) is 0 Å². The summed E-state index contributed by atoms with van der Waals surface area (Å²) in [5.41, 5.74) is 1.15. The highest BCUT2D eigenvalue weighted by Crippen LogP contribution is 2.26. The highest BCUT2D eigenvalue weighted by Gasteiger charge is 2.02. The Morgan fingerprint density at radius 2 is 1.84 bits per heavy atom. The SMILES string of the molecule is COc1cc(CCCCCCCC(=O)O)ccc1O. The molecule has 0 aliphatic carbocycles. The summed E-state index contributed by atoms with van der Waals surface area (Å²) in [5.74, 6) is -0.0323. The normalized spacial score (nSPS) is 10.4. The fourth-order valence-corrected chi connectivity index (χ4v) is 2.01. The van der Waals surface area contributed by atoms with E-state index in [1.54, 1.807) is 13.2 Å². The number of methoxy groups -OCH3 is 1. The number of phenolic OH excluding ortho intramolecular Hbond substituents is 1. The van der Waals surface area contributed by atoms with Crippen molar-refractivity contribution in [1.29, 1.82) is 0 Å². The zero-order chi connectivity index (χ0) is 14.1. The Morgan fingerprint density at radius 1 is 1.16 bits per heavy atom. The topological polar surface area (TPSA) is 66.8 Å². The number of aliphatic carboxylic acids is 1. The first kappa shape index (κ1) is 15.3. The van der Waals surface area contributed by atoms with E-state index < -0.39 is 5.97 Å². The molecule has 1 aromatic rings. The second-order valence-corrected chi connectivity index (χ2v) is 4.67. The number of carbonyl (C=O) groups is 1. The number of aromatic hydroxyl groups is 1. The van der Waals surface area contributed by atoms with E-state index in [0.29, 0.717) is 5.75 Å². The van der Waals surface area contributed by atoms with Gasteiger partial charge in [-0.25, -0.2) is 0 Å². The maximum absolute atomic E-state index is 10.3. The molecule has 2 N–H and O–H groups in total. The second-order valence-electron chi connectivity index (χ2n) is 4.67. The highest BCUT2D eigenvalue weighted by atomic mass is 16.5. The monoisotopic (exact) mass is 266 g/mol. The highest BCUT2D eigenvalue weighted by molar-refractivity contribution is 5.66. The lowest BCUT2D eigenvalue weighted by Gasteiger charge is -2.06. The van der Waals surface area contributed by atoms with Crippen LogP contribution in [0.1, 0.15) is 44.1 Å². The molecule has 0 amide bonds. The van der Waals surface area contributed by atoms with Gasteiger partial charge in [0.2, 0.25) is 0 Å². The molecule has 0 fully saturated rings. The summed E-state index contributed by atoms with van der Waals surface area (Å²) in [6.45, 7) is 0. The van der Waals surface area contributed by atoms with Gasteiger partial charge >= 0.3 is 5.97 Å². The molecule has 0 aliphatic rings. The van der Waals surface area contributed by atoms with Gasteiger partial charge in [0.25, 0.3) is 0 Å². The number of unbranched alkanes of at least 4 members (excludes halogenated alkanes) is 4. The van der Waals surface area contributed by atoms with Gasteiger partial charge in [-0.2, -0.15) is 0 Å². The molecule has 4 nitrogen and oxygen atoms in total. The summed E-state index contributed by atoms with van der Waals surface area (Å²) >= 11 is 0. The Balaban J connectivity index is 2.17. The van der Waals surface area contributed by atoms with Crippen LogP contribution in [0.3, 0.4) is 0 Å². The van der Waals surface area contributed by atoms with Crippen molar-refractivity contribution < 1.29 is 19.7 Å². The van der Waals surface area contributed by atoms with Gasteiger partial charge in [0, 0.05) is 6.42 Å². The first-order valence-electron chi connectivity index (χ1n) is 6.71. The van der Waals surface area contributed by atoms with E-state index in [9.17, 15) is 9.90 Å². The van der Waals surface area contributed by atoms with Crippen molar-refractivity contribution in [3.05, 3.63) is 23.8 Å². The number of hydrogen-bond acceptors (Lipinski definition) is 3. The molecular weight excluding hydrogens is 244 g/mol. The van der Waals surface area contributed by atoms with Crippen LogP contribution in [-0.2, 0) is 11.2 Å². The van der Waals surface area contributed by atoms with E-state index >= 15 is 0 Å². The van der Waals surface area contributed by atoms with Gasteiger partial charge in [0.15, 0.2) is 11.5 Å². The first-order valence-corrected chi connectivity index (χ1v) is 6.71. The predicted octanol–water partition coefficient (Wildman–Crippen LogP) is 3.37. The lowest BCUT2D eigenvalue weighted by Crippen LogP contribution is -1.93. The Kier molecular flexibility index (Phi) is 6.79. The molecule has 0 aromatic heterocycles. The van der Waals surface area contributed by atoms with E-state index in [1.807, 2.05) is 12.1 Å². The number of benzene rings is 1. The third kappa shape index (κ3) is 6.13. The number of ether oxygens (including phenoxy) is 1. The van der Waals surface area contributed by atoms with Gasteiger partial charge in [-0.1, -0.05) is 25.3 Å². The van der Waals surface area contributed by atoms with Crippen molar-refractivity contribution in [3.8, 4) is 11.5 Å². The number of hydrogen-bond donors (Lipinski definition) is 2. The van der Waals surface area contributed by atoms with E-state index in [2.05, 4.69) is 0 Å². The minimum atomic E-state index is -0.712. The molecule has 0 saturated carbocycles. The molecular formula is C15H22O4. The third-order valence-electron chi connectivity index (χ3n) is 3.10. The number of carboxylic acids is 1. The Labute approximate surface area is 114 Å². The van der Waals surface area contributed by atoms with Crippen LogP contribution in [0.2, 0.25) is 0 Å². The molecule has 0 unspecified atom stereocenters. The average Bonchev–Trinajstić information content (AvgIpc) is 2.39. The molecule has 0 radical (unpaired) electrons. The van der Waals surface area contributed by atoms with Crippen molar-refractivity contribution in [1.82, 2.24) is 0 Å². The molecule has 0 aliphatic heterocycles. The van der Waals surface area contributed by atoms with E-state index in [4.69, 9.17) is 9.84 Å². The fraction of sp³-hybridized carbons (Fsp3) is 0.533. The second kappa shape index (κ2) is 8.40. The molecule has 0 saturated heterocycles. The molecule has 0 heterocycles. The maximum atomic E-state index is 10.3. The van der Waals surface area contributed by atoms with Crippen LogP contribution in [0, 0.1) is 0 Å². The lowest BCUT2D eigenvalue weighted by molar-refractivity contribution is -0.137. The van der Waals surface area contributed by atoms with Crippen LogP contribution >= 0.6 is 0 Å². The van der Waals surface area contributed by atoms with Crippen LogP contribution < -0.4 is 4.74 Å². The molecule has 4 heteroatoms. The van der Waals surface area contributed by atoms with E-state index in [-0.39, 0.29) is 12.2 Å². The van der Waals surface area contributed by atoms with Crippen molar-refractivity contribution in [2.45, 2.75) is 44.9 Å². The zero-order valence-electron chi connectivity index (χ0n) is 11.4. The van der Waals surface area contributed by atoms with Crippen LogP contribution in [0.5, 0.6) is 11.5 Å². The molecule has 0 bridgehead atoms. The van der Waals surface area contributed by atoms with E-state index in [0.717, 1.165) is 44.1 Å². The van der Waals surface area contributed by atoms with Crippen LogP contribution in [0.25, 0.3) is 0 Å². The zero-order valence-corrected chi connectivity index (χ0v) is 11.4. The molecule has 0 atom stereocenters. The molecule has 19 heavy (non-hydrogen) atoms. The summed E-state index contributed by atoms with van der Waals surface area (Å²) in [6.07, 6.45) is 6.21. The van der Waals surface area contributed by atoms with Crippen LogP contribution in [-0.4, -0.2) is 23.3 Å². The molecule has 106 valence electrons. The van der Waals surface area contributed by atoms with Crippen molar-refractivity contribution >= 4 is 5.97 Å². The van der Waals surface area contributed by atoms with E-state index in [1.165, 1.54) is 0 Å². The average molecular weight is 266 g/mol.